The van der Waals surface area contributed by atoms with Crippen LogP contribution in [0.25, 0.3) is 0 Å². The lowest BCUT2D eigenvalue weighted by molar-refractivity contribution is -0.167. The van der Waals surface area contributed by atoms with E-state index >= 15 is 0 Å². The van der Waals surface area contributed by atoms with Crippen molar-refractivity contribution in [2.24, 2.45) is 5.41 Å². The highest BCUT2D eigenvalue weighted by molar-refractivity contribution is 6.02. The summed E-state index contributed by atoms with van der Waals surface area (Å²) in [5, 5.41) is 18.1. The Morgan fingerprint density at radius 2 is 2.13 bits per heavy atom. The molecule has 0 radical (unpaired) electrons. The average molecular weight is 315 g/mol. The van der Waals surface area contributed by atoms with Gasteiger partial charge in [0.05, 0.1) is 18.1 Å². The van der Waals surface area contributed by atoms with Crippen LogP contribution >= 0.6 is 0 Å². The molecule has 118 valence electrons. The van der Waals surface area contributed by atoms with Crippen molar-refractivity contribution in [2.75, 3.05) is 0 Å². The molecule has 1 aromatic carbocycles. The molecule has 7 heteroatoms. The van der Waals surface area contributed by atoms with Crippen molar-refractivity contribution in [3.8, 4) is 6.07 Å². The van der Waals surface area contributed by atoms with Gasteiger partial charge in [0.1, 0.15) is 0 Å². The summed E-state index contributed by atoms with van der Waals surface area (Å²) in [5.74, 6) is -2.58. The van der Waals surface area contributed by atoms with Gasteiger partial charge in [-0.05, 0) is 30.5 Å². The number of carbonyl (C=O) groups excluding carboxylic acids is 2. The van der Waals surface area contributed by atoms with E-state index in [0.29, 0.717) is 11.1 Å². The van der Waals surface area contributed by atoms with Gasteiger partial charge in [0.15, 0.2) is 17.6 Å². The normalized spacial score (nSPS) is 24.4. The summed E-state index contributed by atoms with van der Waals surface area (Å²) in [5.41, 5.74) is -0.558. The summed E-state index contributed by atoms with van der Waals surface area (Å²) < 4.78 is 10.4. The molecule has 0 unspecified atom stereocenters. The Morgan fingerprint density at radius 3 is 2.74 bits per heavy atom. The topological polar surface area (TPSA) is 114 Å². The van der Waals surface area contributed by atoms with Gasteiger partial charge in [0, 0.05) is 0 Å². The zero-order chi connectivity index (χ0) is 16.6. The van der Waals surface area contributed by atoms with E-state index in [2.05, 4.69) is 0 Å². The van der Waals surface area contributed by atoms with Crippen LogP contribution in [0.15, 0.2) is 24.3 Å². The molecule has 7 nitrogen and oxygen atoms in total. The van der Waals surface area contributed by atoms with Crippen molar-refractivity contribution in [3.05, 3.63) is 35.4 Å². The minimum Gasteiger partial charge on any atom is -0.480 e. The SMILES string of the molecule is N#Cc1cccc([C@H]2OC(=O)C[C@@H]2OC(=O)C2(C(=O)O)CC2)c1. The van der Waals surface area contributed by atoms with Crippen molar-refractivity contribution in [1.29, 1.82) is 5.26 Å². The molecule has 1 aromatic rings. The maximum absolute atomic E-state index is 12.1. The molecule has 1 saturated heterocycles. The molecular weight excluding hydrogens is 302 g/mol. The number of hydrogen-bond acceptors (Lipinski definition) is 6. The lowest BCUT2D eigenvalue weighted by atomic mass is 10.0. The largest absolute Gasteiger partial charge is 0.480 e. The second kappa shape index (κ2) is 5.39. The zero-order valence-corrected chi connectivity index (χ0v) is 12.0. The van der Waals surface area contributed by atoms with Crippen LogP contribution in [-0.2, 0) is 23.9 Å². The number of aliphatic carboxylic acids is 1. The minimum atomic E-state index is -1.48. The van der Waals surface area contributed by atoms with Crippen LogP contribution in [0.1, 0.15) is 36.5 Å². The minimum absolute atomic E-state index is 0.136. The van der Waals surface area contributed by atoms with Crippen molar-refractivity contribution in [3.63, 3.8) is 0 Å². The first-order chi connectivity index (χ1) is 11.0. The number of hydrogen-bond donors (Lipinski definition) is 1. The highest BCUT2D eigenvalue weighted by atomic mass is 16.6. The van der Waals surface area contributed by atoms with Gasteiger partial charge in [-0.15, -0.1) is 0 Å². The fraction of sp³-hybridized carbons (Fsp3) is 0.375. The molecule has 2 fully saturated rings. The Balaban J connectivity index is 1.80. The van der Waals surface area contributed by atoms with E-state index in [0.717, 1.165) is 0 Å². The molecule has 1 N–H and O–H groups in total. The smallest absolute Gasteiger partial charge is 0.323 e. The van der Waals surface area contributed by atoms with Crippen LogP contribution in [0.2, 0.25) is 0 Å². The van der Waals surface area contributed by atoms with Crippen LogP contribution in [0.4, 0.5) is 0 Å². The fourth-order valence-electron chi connectivity index (χ4n) is 2.59. The average Bonchev–Trinajstić information content (AvgIpc) is 3.27. The molecule has 3 rings (SSSR count). The molecule has 23 heavy (non-hydrogen) atoms. The number of nitrogens with zero attached hydrogens (tertiary/aromatic N) is 1. The van der Waals surface area contributed by atoms with E-state index < -0.39 is 35.5 Å². The Bertz CT molecular complexity index is 730. The van der Waals surface area contributed by atoms with Crippen molar-refractivity contribution >= 4 is 17.9 Å². The number of esters is 2. The Morgan fingerprint density at radius 1 is 1.39 bits per heavy atom. The molecular formula is C16H13NO6. The quantitative estimate of drug-likeness (QED) is 0.658. The van der Waals surface area contributed by atoms with E-state index in [1.54, 1.807) is 24.3 Å². The first-order valence-electron chi connectivity index (χ1n) is 7.10. The number of benzene rings is 1. The van der Waals surface area contributed by atoms with Gasteiger partial charge in [-0.3, -0.25) is 14.4 Å². The number of cyclic esters (lactones) is 1. The van der Waals surface area contributed by atoms with Crippen molar-refractivity contribution in [2.45, 2.75) is 31.5 Å². The second-order valence-corrected chi connectivity index (χ2v) is 5.68. The van der Waals surface area contributed by atoms with Crippen LogP contribution in [0.3, 0.4) is 0 Å². The summed E-state index contributed by atoms with van der Waals surface area (Å²) in [7, 11) is 0. The predicted molar refractivity (Wildman–Crippen MR) is 73.8 cm³/mol. The monoisotopic (exact) mass is 315 g/mol. The van der Waals surface area contributed by atoms with Gasteiger partial charge in [0.25, 0.3) is 0 Å². The van der Waals surface area contributed by atoms with Crippen molar-refractivity contribution in [1.82, 2.24) is 0 Å². The zero-order valence-electron chi connectivity index (χ0n) is 12.0. The lowest BCUT2D eigenvalue weighted by Gasteiger charge is -2.20. The summed E-state index contributed by atoms with van der Waals surface area (Å²) >= 11 is 0. The number of carbonyl (C=O) groups is 3. The van der Waals surface area contributed by atoms with Gasteiger partial charge in [-0.25, -0.2) is 0 Å². The third kappa shape index (κ3) is 2.63. The standard InChI is InChI=1S/C16H13NO6/c17-8-9-2-1-3-10(6-9)13-11(7-12(18)23-13)22-15(21)16(4-5-16)14(19)20/h1-3,6,11,13H,4-5,7H2,(H,19,20)/t11-,13+/m0/s1. The predicted octanol–water partition coefficient (Wildman–Crippen LogP) is 1.32. The van der Waals surface area contributed by atoms with Gasteiger partial charge in [-0.1, -0.05) is 12.1 Å². The third-order valence-corrected chi connectivity index (χ3v) is 4.12. The van der Waals surface area contributed by atoms with E-state index in [-0.39, 0.29) is 19.3 Å². The number of carboxylic acids is 1. The maximum atomic E-state index is 12.1. The molecule has 1 aliphatic heterocycles. The number of carboxylic acid groups (broad SMARTS) is 1. The van der Waals surface area contributed by atoms with Crippen molar-refractivity contribution < 1.29 is 29.0 Å². The number of ether oxygens (including phenoxy) is 2. The summed E-state index contributed by atoms with van der Waals surface area (Å²) in [6, 6.07) is 8.43. The van der Waals surface area contributed by atoms with Crippen LogP contribution in [0, 0.1) is 16.7 Å². The first kappa shape index (κ1) is 15.0. The van der Waals surface area contributed by atoms with Gasteiger partial charge in [-0.2, -0.15) is 5.26 Å². The number of nitriles is 1. The Hall–Kier alpha value is -2.88. The first-order valence-corrected chi connectivity index (χ1v) is 7.10. The van der Waals surface area contributed by atoms with Crippen LogP contribution in [0.5, 0.6) is 0 Å². The maximum Gasteiger partial charge on any atom is 0.323 e. The summed E-state index contributed by atoms with van der Waals surface area (Å²) in [6.45, 7) is 0. The molecule has 2 atom stereocenters. The van der Waals surface area contributed by atoms with E-state index in [1.807, 2.05) is 6.07 Å². The number of rotatable bonds is 4. The van der Waals surface area contributed by atoms with Gasteiger partial charge in [0.2, 0.25) is 0 Å². The summed E-state index contributed by atoms with van der Waals surface area (Å²) in [6.07, 6.45) is -1.39. The molecule has 1 aliphatic carbocycles. The molecule has 0 bridgehead atoms. The molecule has 1 saturated carbocycles. The second-order valence-electron chi connectivity index (χ2n) is 5.68. The summed E-state index contributed by atoms with van der Waals surface area (Å²) in [4.78, 5) is 34.8. The van der Waals surface area contributed by atoms with E-state index in [4.69, 9.17) is 19.8 Å². The molecule has 0 amide bonds. The highest BCUT2D eigenvalue weighted by Gasteiger charge is 2.59. The van der Waals surface area contributed by atoms with Gasteiger partial charge >= 0.3 is 17.9 Å². The highest BCUT2D eigenvalue weighted by Crippen LogP contribution is 2.48. The lowest BCUT2D eigenvalue weighted by Crippen LogP contribution is -2.32. The Kier molecular flexibility index (Phi) is 3.52. The van der Waals surface area contributed by atoms with Crippen LogP contribution in [-0.4, -0.2) is 29.1 Å². The fourth-order valence-corrected chi connectivity index (χ4v) is 2.59. The molecule has 0 aromatic heterocycles. The van der Waals surface area contributed by atoms with E-state index in [1.165, 1.54) is 0 Å². The Labute approximate surface area is 131 Å². The molecule has 1 heterocycles. The van der Waals surface area contributed by atoms with Gasteiger partial charge < -0.3 is 14.6 Å². The third-order valence-electron chi connectivity index (χ3n) is 4.12. The molecule has 0 spiro atoms. The van der Waals surface area contributed by atoms with Crippen LogP contribution < -0.4 is 0 Å². The van der Waals surface area contributed by atoms with E-state index in [9.17, 15) is 14.4 Å². The molecule has 2 aliphatic rings.